The van der Waals surface area contributed by atoms with Gasteiger partial charge < -0.3 is 9.15 Å². The Hall–Kier alpha value is -4.72. The number of esters is 1. The van der Waals surface area contributed by atoms with Crippen molar-refractivity contribution >= 4 is 33.8 Å². The van der Waals surface area contributed by atoms with E-state index in [0.717, 1.165) is 12.1 Å². The molecule has 0 N–H and O–H groups in total. The summed E-state index contributed by atoms with van der Waals surface area (Å²) < 4.78 is 65.7. The fourth-order valence-corrected chi connectivity index (χ4v) is 4.01. The summed E-state index contributed by atoms with van der Waals surface area (Å²) in [5.74, 6) is -2.81. The molecule has 37 heavy (non-hydrogen) atoms. The van der Waals surface area contributed by atoms with E-state index in [9.17, 15) is 27.2 Å². The minimum Gasteiger partial charge on any atom is -0.450 e. The van der Waals surface area contributed by atoms with Gasteiger partial charge in [0.15, 0.2) is 0 Å². The minimum atomic E-state index is -4.97. The van der Waals surface area contributed by atoms with E-state index in [0.29, 0.717) is 16.3 Å². The van der Waals surface area contributed by atoms with E-state index in [2.05, 4.69) is 0 Å². The first-order valence-electron chi connectivity index (χ1n) is 11.0. The van der Waals surface area contributed by atoms with E-state index in [-0.39, 0.29) is 22.3 Å². The number of carbonyl (C=O) groups excluding carboxylic acids is 1. The fraction of sp³-hybridized carbons (Fsp3) is 0.0345. The molecule has 0 spiro atoms. The average molecular weight is 504 g/mol. The quantitative estimate of drug-likeness (QED) is 0.111. The van der Waals surface area contributed by atoms with Gasteiger partial charge in [-0.15, -0.1) is 0 Å². The van der Waals surface area contributed by atoms with Crippen LogP contribution in [0.4, 0.5) is 17.6 Å². The van der Waals surface area contributed by atoms with Gasteiger partial charge in [0, 0.05) is 12.1 Å². The van der Waals surface area contributed by atoms with Gasteiger partial charge in [-0.3, -0.25) is 4.79 Å². The Morgan fingerprint density at radius 1 is 0.865 bits per heavy atom. The molecule has 0 bridgehead atoms. The molecule has 8 heteroatoms. The molecule has 1 aromatic heterocycles. The first-order valence-corrected chi connectivity index (χ1v) is 11.0. The lowest BCUT2D eigenvalue weighted by atomic mass is 9.96. The average Bonchev–Trinajstić information content (AvgIpc) is 2.87. The number of hydrogen-bond acceptors (Lipinski definition) is 4. The maximum Gasteiger partial charge on any atom is 0.450 e. The SMILES string of the molecule is O=C(/C=C/c1ccc(F)cc1)Oc1ccc2c(=O)c(-c3cccc4ccccc34)c(C(F)(F)F)oc2c1. The molecule has 0 amide bonds. The summed E-state index contributed by atoms with van der Waals surface area (Å²) >= 11 is 0. The highest BCUT2D eigenvalue weighted by atomic mass is 19.4. The molecule has 1 heterocycles. The molecule has 5 aromatic rings. The topological polar surface area (TPSA) is 56.5 Å². The van der Waals surface area contributed by atoms with Crippen LogP contribution in [0.2, 0.25) is 0 Å². The number of carbonyl (C=O) groups is 1. The van der Waals surface area contributed by atoms with Crippen molar-refractivity contribution in [2.45, 2.75) is 6.18 Å². The van der Waals surface area contributed by atoms with Crippen LogP contribution in [0.1, 0.15) is 11.3 Å². The van der Waals surface area contributed by atoms with Crippen LogP contribution in [-0.2, 0) is 11.0 Å². The standard InChI is InChI=1S/C29H16F4O4/c30-19-11-8-17(9-12-19)10-15-25(34)36-20-13-14-23-24(16-20)37-28(29(31,32)33)26(27(23)35)22-7-3-5-18-4-1-2-6-21(18)22/h1-16H/b15-10+. The summed E-state index contributed by atoms with van der Waals surface area (Å²) in [5.41, 5.74) is -1.20. The first-order chi connectivity index (χ1) is 17.7. The van der Waals surface area contributed by atoms with Crippen LogP contribution >= 0.6 is 0 Å². The van der Waals surface area contributed by atoms with Crippen LogP contribution in [0.5, 0.6) is 5.75 Å². The van der Waals surface area contributed by atoms with Crippen LogP contribution in [0.25, 0.3) is 38.9 Å². The second-order valence-electron chi connectivity index (χ2n) is 8.12. The highest BCUT2D eigenvalue weighted by Crippen LogP contribution is 2.39. The van der Waals surface area contributed by atoms with Crippen LogP contribution in [-0.4, -0.2) is 5.97 Å². The molecule has 0 aliphatic heterocycles. The smallest absolute Gasteiger partial charge is 0.450 e. The third kappa shape index (κ3) is 4.86. The molecule has 0 saturated carbocycles. The lowest BCUT2D eigenvalue weighted by molar-refractivity contribution is -0.152. The molecule has 4 aromatic carbocycles. The van der Waals surface area contributed by atoms with Crippen LogP contribution in [0.3, 0.4) is 0 Å². The van der Waals surface area contributed by atoms with Gasteiger partial charge in [0.2, 0.25) is 11.2 Å². The molecule has 184 valence electrons. The Morgan fingerprint density at radius 2 is 1.59 bits per heavy atom. The summed E-state index contributed by atoms with van der Waals surface area (Å²) in [6, 6.07) is 20.5. The normalized spacial score (nSPS) is 11.9. The van der Waals surface area contributed by atoms with Crippen LogP contribution in [0, 0.1) is 5.82 Å². The van der Waals surface area contributed by atoms with E-state index < -0.39 is 34.7 Å². The number of alkyl halides is 3. The minimum absolute atomic E-state index is 0.0995. The van der Waals surface area contributed by atoms with Gasteiger partial charge in [0.1, 0.15) is 17.1 Å². The Morgan fingerprint density at radius 3 is 2.35 bits per heavy atom. The highest BCUT2D eigenvalue weighted by Gasteiger charge is 2.39. The maximum absolute atomic E-state index is 14.1. The Balaban J connectivity index is 1.56. The summed E-state index contributed by atoms with van der Waals surface area (Å²) in [6.45, 7) is 0. The second kappa shape index (κ2) is 9.39. The maximum atomic E-state index is 14.1. The summed E-state index contributed by atoms with van der Waals surface area (Å²) in [6.07, 6.45) is -2.50. The van der Waals surface area contributed by atoms with Gasteiger partial charge in [-0.25, -0.2) is 9.18 Å². The molecule has 4 nitrogen and oxygen atoms in total. The van der Waals surface area contributed by atoms with Crippen molar-refractivity contribution in [1.82, 2.24) is 0 Å². The first kappa shape index (κ1) is 24.0. The van der Waals surface area contributed by atoms with Gasteiger partial charge in [0.05, 0.1) is 10.9 Å². The third-order valence-electron chi connectivity index (χ3n) is 5.68. The molecule has 0 radical (unpaired) electrons. The molecule has 0 fully saturated rings. The predicted molar refractivity (Wildman–Crippen MR) is 131 cm³/mol. The zero-order valence-electron chi connectivity index (χ0n) is 18.9. The number of rotatable bonds is 4. The number of benzene rings is 4. The Labute approximate surface area is 207 Å². The van der Waals surface area contributed by atoms with Gasteiger partial charge in [-0.05, 0) is 52.2 Å². The van der Waals surface area contributed by atoms with E-state index >= 15 is 0 Å². The molecular weight excluding hydrogens is 488 g/mol. The zero-order chi connectivity index (χ0) is 26.2. The van der Waals surface area contributed by atoms with Gasteiger partial charge >= 0.3 is 12.1 Å². The molecule has 0 unspecified atom stereocenters. The zero-order valence-corrected chi connectivity index (χ0v) is 18.9. The van der Waals surface area contributed by atoms with Crippen molar-refractivity contribution in [2.24, 2.45) is 0 Å². The lowest BCUT2D eigenvalue weighted by Gasteiger charge is -2.14. The van der Waals surface area contributed by atoms with Gasteiger partial charge in [-0.2, -0.15) is 13.2 Å². The Bertz CT molecular complexity index is 1730. The van der Waals surface area contributed by atoms with Crippen molar-refractivity contribution in [3.8, 4) is 16.9 Å². The van der Waals surface area contributed by atoms with E-state index in [1.54, 1.807) is 36.4 Å². The van der Waals surface area contributed by atoms with Crippen molar-refractivity contribution in [2.75, 3.05) is 0 Å². The molecule has 0 saturated heterocycles. The molecule has 0 atom stereocenters. The lowest BCUT2D eigenvalue weighted by Crippen LogP contribution is -2.16. The van der Waals surface area contributed by atoms with E-state index in [4.69, 9.17) is 9.15 Å². The van der Waals surface area contributed by atoms with Gasteiger partial charge in [0.25, 0.3) is 0 Å². The number of hydrogen-bond donors (Lipinski definition) is 0. The third-order valence-corrected chi connectivity index (χ3v) is 5.68. The fourth-order valence-electron chi connectivity index (χ4n) is 4.01. The van der Waals surface area contributed by atoms with E-state index in [1.807, 2.05) is 0 Å². The van der Waals surface area contributed by atoms with Crippen molar-refractivity contribution in [1.29, 1.82) is 0 Å². The van der Waals surface area contributed by atoms with Crippen LogP contribution < -0.4 is 10.2 Å². The Kier molecular flexibility index (Phi) is 6.09. The summed E-state index contributed by atoms with van der Waals surface area (Å²) in [4.78, 5) is 25.5. The second-order valence-corrected chi connectivity index (χ2v) is 8.12. The molecule has 0 aliphatic rings. The number of halogens is 4. The van der Waals surface area contributed by atoms with Crippen LogP contribution in [0.15, 0.2) is 100 Å². The van der Waals surface area contributed by atoms with E-state index in [1.165, 1.54) is 48.5 Å². The molecular formula is C29H16F4O4. The van der Waals surface area contributed by atoms with Gasteiger partial charge in [-0.1, -0.05) is 54.6 Å². The summed E-state index contributed by atoms with van der Waals surface area (Å²) in [5, 5.41) is 1.04. The largest absolute Gasteiger partial charge is 0.450 e. The number of fused-ring (bicyclic) bond motifs is 2. The van der Waals surface area contributed by atoms with Crippen molar-refractivity contribution in [3.63, 3.8) is 0 Å². The van der Waals surface area contributed by atoms with Crippen molar-refractivity contribution < 1.29 is 31.5 Å². The summed E-state index contributed by atoms with van der Waals surface area (Å²) in [7, 11) is 0. The molecule has 5 rings (SSSR count). The monoisotopic (exact) mass is 504 g/mol. The molecule has 0 aliphatic carbocycles. The number of ether oxygens (including phenoxy) is 1. The van der Waals surface area contributed by atoms with Crippen molar-refractivity contribution in [3.05, 3.63) is 118 Å². The predicted octanol–water partition coefficient (Wildman–Crippen LogP) is 7.39. The highest BCUT2D eigenvalue weighted by molar-refractivity contribution is 5.99.